The predicted octanol–water partition coefficient (Wildman–Crippen LogP) is 2.25. The maximum Gasteiger partial charge on any atom is 0.128 e. The second-order valence-electron chi connectivity index (χ2n) is 4.17. The first-order valence-electron chi connectivity index (χ1n) is 6.21. The minimum absolute atomic E-state index is 0.686. The summed E-state index contributed by atoms with van der Waals surface area (Å²) in [6, 6.07) is 7.92. The molecule has 2 rings (SSSR count). The van der Waals surface area contributed by atoms with Crippen LogP contribution in [0.2, 0.25) is 0 Å². The second-order valence-corrected chi connectivity index (χ2v) is 4.17. The third-order valence-electron chi connectivity index (χ3n) is 2.52. The molecule has 2 aromatic rings. The molecule has 0 fully saturated rings. The van der Waals surface area contributed by atoms with Crippen LogP contribution in [0.1, 0.15) is 19.0 Å². The van der Waals surface area contributed by atoms with Crippen LogP contribution in [0.15, 0.2) is 30.5 Å². The van der Waals surface area contributed by atoms with Crippen molar-refractivity contribution in [2.24, 2.45) is 7.05 Å². The molecule has 2 aromatic heterocycles. The maximum absolute atomic E-state index is 4.48. The normalized spacial score (nSPS) is 10.3. The highest BCUT2D eigenvalue weighted by molar-refractivity contribution is 5.45. The van der Waals surface area contributed by atoms with Gasteiger partial charge in [-0.15, -0.1) is 0 Å². The third kappa shape index (κ3) is 3.48. The zero-order valence-electron chi connectivity index (χ0n) is 10.8. The fraction of sp³-hybridized carbons (Fsp3) is 0.385. The first-order valence-corrected chi connectivity index (χ1v) is 6.21. The molecule has 0 bridgehead atoms. The Bertz CT molecular complexity index is 492. The molecule has 0 radical (unpaired) electrons. The van der Waals surface area contributed by atoms with Crippen molar-refractivity contribution < 1.29 is 0 Å². The van der Waals surface area contributed by atoms with E-state index in [4.69, 9.17) is 0 Å². The highest BCUT2D eigenvalue weighted by atomic mass is 15.3. The third-order valence-corrected chi connectivity index (χ3v) is 2.52. The van der Waals surface area contributed by atoms with Crippen molar-refractivity contribution >= 4 is 11.6 Å². The lowest BCUT2D eigenvalue weighted by atomic mass is 10.4. The number of anilines is 2. The predicted molar refractivity (Wildman–Crippen MR) is 73.6 cm³/mol. The van der Waals surface area contributed by atoms with Gasteiger partial charge in [0.05, 0.1) is 12.2 Å². The van der Waals surface area contributed by atoms with Gasteiger partial charge in [-0.2, -0.15) is 5.10 Å². The quantitative estimate of drug-likeness (QED) is 0.819. The molecule has 0 aliphatic carbocycles. The van der Waals surface area contributed by atoms with E-state index in [9.17, 15) is 0 Å². The van der Waals surface area contributed by atoms with Crippen molar-refractivity contribution in [3.05, 3.63) is 36.2 Å². The summed E-state index contributed by atoms with van der Waals surface area (Å²) in [5, 5.41) is 10.8. The van der Waals surface area contributed by atoms with Gasteiger partial charge >= 0.3 is 0 Å². The summed E-state index contributed by atoms with van der Waals surface area (Å²) >= 11 is 0. The number of hydrogen-bond acceptors (Lipinski definition) is 4. The highest BCUT2D eigenvalue weighted by Crippen LogP contribution is 2.10. The second kappa shape index (κ2) is 6.05. The van der Waals surface area contributed by atoms with Gasteiger partial charge in [0.25, 0.3) is 0 Å². The van der Waals surface area contributed by atoms with E-state index in [1.807, 2.05) is 37.5 Å². The number of pyridine rings is 1. The van der Waals surface area contributed by atoms with Gasteiger partial charge in [0.15, 0.2) is 0 Å². The highest BCUT2D eigenvalue weighted by Gasteiger charge is 1.99. The van der Waals surface area contributed by atoms with E-state index in [2.05, 4.69) is 27.6 Å². The van der Waals surface area contributed by atoms with Gasteiger partial charge in [-0.05, 0) is 24.6 Å². The summed E-state index contributed by atoms with van der Waals surface area (Å²) in [6.07, 6.45) is 3.02. The van der Waals surface area contributed by atoms with E-state index in [1.165, 1.54) is 0 Å². The topological polar surface area (TPSA) is 54.8 Å². The first kappa shape index (κ1) is 12.4. The van der Waals surface area contributed by atoms with Crippen LogP contribution in [0, 0.1) is 0 Å². The molecule has 96 valence electrons. The van der Waals surface area contributed by atoms with Gasteiger partial charge in [-0.1, -0.05) is 13.0 Å². The molecule has 0 amide bonds. The Kier molecular flexibility index (Phi) is 4.17. The largest absolute Gasteiger partial charge is 0.370 e. The van der Waals surface area contributed by atoms with Crippen molar-refractivity contribution in [1.29, 1.82) is 0 Å². The average molecular weight is 245 g/mol. The van der Waals surface area contributed by atoms with E-state index < -0.39 is 0 Å². The summed E-state index contributed by atoms with van der Waals surface area (Å²) in [7, 11) is 1.91. The van der Waals surface area contributed by atoms with Gasteiger partial charge in [0, 0.05) is 19.8 Å². The molecule has 0 saturated carbocycles. The molecular weight excluding hydrogens is 226 g/mol. The Labute approximate surface area is 107 Å². The number of nitrogens with one attached hydrogen (secondary N) is 2. The first-order chi connectivity index (χ1) is 8.78. The lowest BCUT2D eigenvalue weighted by Crippen LogP contribution is -2.06. The van der Waals surface area contributed by atoms with Crippen molar-refractivity contribution in [2.75, 3.05) is 17.2 Å². The molecule has 0 saturated heterocycles. The van der Waals surface area contributed by atoms with Gasteiger partial charge < -0.3 is 10.6 Å². The maximum atomic E-state index is 4.48. The van der Waals surface area contributed by atoms with E-state index >= 15 is 0 Å². The van der Waals surface area contributed by atoms with Crippen LogP contribution in [0.4, 0.5) is 11.6 Å². The molecule has 0 aliphatic rings. The van der Waals surface area contributed by atoms with Crippen LogP contribution in [0.5, 0.6) is 0 Å². The van der Waals surface area contributed by atoms with Crippen LogP contribution in [-0.2, 0) is 13.6 Å². The van der Waals surface area contributed by atoms with Crippen LogP contribution < -0.4 is 10.6 Å². The molecule has 0 aliphatic heterocycles. The zero-order chi connectivity index (χ0) is 12.8. The molecule has 5 nitrogen and oxygen atoms in total. The summed E-state index contributed by atoms with van der Waals surface area (Å²) in [5.41, 5.74) is 1.01. The van der Waals surface area contributed by atoms with Crippen LogP contribution in [0.3, 0.4) is 0 Å². The van der Waals surface area contributed by atoms with Gasteiger partial charge in [0.1, 0.15) is 11.6 Å². The van der Waals surface area contributed by atoms with E-state index in [0.717, 1.165) is 30.3 Å². The van der Waals surface area contributed by atoms with Crippen molar-refractivity contribution in [2.45, 2.75) is 19.9 Å². The summed E-state index contributed by atoms with van der Waals surface area (Å²) < 4.78 is 1.80. The Morgan fingerprint density at radius 1 is 1.17 bits per heavy atom. The fourth-order valence-corrected chi connectivity index (χ4v) is 1.62. The van der Waals surface area contributed by atoms with E-state index in [-0.39, 0.29) is 0 Å². The van der Waals surface area contributed by atoms with Gasteiger partial charge in [-0.3, -0.25) is 4.68 Å². The molecular formula is C13H19N5. The summed E-state index contributed by atoms with van der Waals surface area (Å²) in [6.45, 7) is 3.76. The fourth-order valence-electron chi connectivity index (χ4n) is 1.62. The standard InChI is InChI=1S/C13H19N5/c1-3-8-14-12-5-4-6-13(16-12)15-10-11-7-9-18(2)17-11/h4-7,9H,3,8,10H2,1-2H3,(H2,14,15,16). The van der Waals surface area contributed by atoms with Crippen molar-refractivity contribution in [1.82, 2.24) is 14.8 Å². The van der Waals surface area contributed by atoms with Crippen LogP contribution in [-0.4, -0.2) is 21.3 Å². The number of aryl methyl sites for hydroxylation is 1. The monoisotopic (exact) mass is 245 g/mol. The lowest BCUT2D eigenvalue weighted by molar-refractivity contribution is 0.747. The average Bonchev–Trinajstić information content (AvgIpc) is 2.80. The SMILES string of the molecule is CCCNc1cccc(NCc2ccn(C)n2)n1. The molecule has 0 aromatic carbocycles. The minimum Gasteiger partial charge on any atom is -0.370 e. The van der Waals surface area contributed by atoms with Crippen molar-refractivity contribution in [3.63, 3.8) is 0 Å². The number of aromatic nitrogens is 3. The molecule has 0 spiro atoms. The lowest BCUT2D eigenvalue weighted by Gasteiger charge is -2.07. The van der Waals surface area contributed by atoms with Gasteiger partial charge in [-0.25, -0.2) is 4.98 Å². The number of hydrogen-bond donors (Lipinski definition) is 2. The van der Waals surface area contributed by atoms with Crippen LogP contribution >= 0.6 is 0 Å². The molecule has 18 heavy (non-hydrogen) atoms. The van der Waals surface area contributed by atoms with Gasteiger partial charge in [0.2, 0.25) is 0 Å². The van der Waals surface area contributed by atoms with E-state index in [1.54, 1.807) is 4.68 Å². The minimum atomic E-state index is 0.686. The Morgan fingerprint density at radius 3 is 2.61 bits per heavy atom. The Hall–Kier alpha value is -2.04. The van der Waals surface area contributed by atoms with Crippen molar-refractivity contribution in [3.8, 4) is 0 Å². The van der Waals surface area contributed by atoms with E-state index in [0.29, 0.717) is 6.54 Å². The smallest absolute Gasteiger partial charge is 0.128 e. The molecule has 5 heteroatoms. The zero-order valence-corrected chi connectivity index (χ0v) is 10.8. The summed E-state index contributed by atoms with van der Waals surface area (Å²) in [4.78, 5) is 4.48. The number of nitrogens with zero attached hydrogens (tertiary/aromatic N) is 3. The Morgan fingerprint density at radius 2 is 1.94 bits per heavy atom. The number of rotatable bonds is 6. The van der Waals surface area contributed by atoms with Crippen LogP contribution in [0.25, 0.3) is 0 Å². The molecule has 2 N–H and O–H groups in total. The Balaban J connectivity index is 1.92. The molecule has 0 unspecified atom stereocenters. The molecule has 2 heterocycles. The molecule has 0 atom stereocenters. The summed E-state index contributed by atoms with van der Waals surface area (Å²) in [5.74, 6) is 1.77.